The summed E-state index contributed by atoms with van der Waals surface area (Å²) in [6, 6.07) is 13.6. The normalized spacial score (nSPS) is 17.3. The summed E-state index contributed by atoms with van der Waals surface area (Å²) in [7, 11) is -3.77. The largest absolute Gasteiger partial charge is 0.464 e. The Balaban J connectivity index is 1.35. The Labute approximate surface area is 196 Å². The van der Waals surface area contributed by atoms with Crippen molar-refractivity contribution in [2.24, 2.45) is 0 Å². The molecule has 1 aliphatic heterocycles. The fourth-order valence-corrected chi connectivity index (χ4v) is 6.46. The minimum Gasteiger partial charge on any atom is -0.464 e. The molecule has 2 aromatic carbocycles. The minimum atomic E-state index is -3.77. The number of furan rings is 1. The maximum absolute atomic E-state index is 13.3. The molecule has 4 aromatic rings. The molecule has 0 unspecified atom stereocenters. The number of anilines is 1. The van der Waals surface area contributed by atoms with Crippen LogP contribution in [0, 0.1) is 6.92 Å². The molecule has 0 spiro atoms. The summed E-state index contributed by atoms with van der Waals surface area (Å²) >= 11 is 1.32. The van der Waals surface area contributed by atoms with E-state index < -0.39 is 16.1 Å². The highest BCUT2D eigenvalue weighted by atomic mass is 32.2. The molecule has 0 radical (unpaired) electrons. The molecule has 9 heteroatoms. The molecule has 1 atom stereocenters. The molecule has 0 bridgehead atoms. The number of nitrogens with zero attached hydrogens (tertiary/aromatic N) is 2. The Kier molecular flexibility index (Phi) is 5.77. The van der Waals surface area contributed by atoms with Gasteiger partial charge in [0.25, 0.3) is 0 Å². The van der Waals surface area contributed by atoms with Gasteiger partial charge in [0, 0.05) is 22.9 Å². The number of carbonyl (C=O) groups excluding carboxylic acids is 1. The third-order valence-corrected chi connectivity index (χ3v) is 8.55. The number of aromatic nitrogens is 1. The second kappa shape index (κ2) is 8.74. The zero-order valence-corrected chi connectivity index (χ0v) is 19.7. The lowest BCUT2D eigenvalue weighted by Crippen LogP contribution is -2.49. The molecule has 7 nitrogen and oxygen atoms in total. The molecule has 3 heterocycles. The van der Waals surface area contributed by atoms with Crippen molar-refractivity contribution in [1.29, 1.82) is 0 Å². The van der Waals surface area contributed by atoms with Crippen LogP contribution in [0.3, 0.4) is 0 Å². The maximum atomic E-state index is 13.3. The van der Waals surface area contributed by atoms with Crippen LogP contribution in [0.2, 0.25) is 0 Å². The van der Waals surface area contributed by atoms with Gasteiger partial charge in [-0.05, 0) is 56.2 Å². The summed E-state index contributed by atoms with van der Waals surface area (Å²) < 4.78 is 33.2. The average Bonchev–Trinajstić information content (AvgIpc) is 3.48. The first-order chi connectivity index (χ1) is 15.9. The van der Waals surface area contributed by atoms with Crippen LogP contribution in [0.5, 0.6) is 0 Å². The van der Waals surface area contributed by atoms with E-state index in [2.05, 4.69) is 10.3 Å². The van der Waals surface area contributed by atoms with E-state index in [4.69, 9.17) is 4.42 Å². The summed E-state index contributed by atoms with van der Waals surface area (Å²) in [6.45, 7) is 2.23. The fourth-order valence-electron chi connectivity index (χ4n) is 4.08. The van der Waals surface area contributed by atoms with E-state index in [-0.39, 0.29) is 10.8 Å². The molecule has 1 fully saturated rings. The molecular weight excluding hydrogens is 458 g/mol. The maximum Gasteiger partial charge on any atom is 0.244 e. The molecule has 0 saturated carbocycles. The van der Waals surface area contributed by atoms with Crippen molar-refractivity contribution in [2.75, 3.05) is 11.9 Å². The van der Waals surface area contributed by atoms with Crippen molar-refractivity contribution in [3.8, 4) is 11.3 Å². The van der Waals surface area contributed by atoms with Crippen molar-refractivity contribution < 1.29 is 17.6 Å². The van der Waals surface area contributed by atoms with Gasteiger partial charge in [-0.3, -0.25) is 4.79 Å². The summed E-state index contributed by atoms with van der Waals surface area (Å²) in [4.78, 5) is 17.9. The lowest BCUT2D eigenvalue weighted by molar-refractivity contribution is -0.120. The van der Waals surface area contributed by atoms with Crippen molar-refractivity contribution in [3.05, 3.63) is 65.7 Å². The zero-order valence-electron chi connectivity index (χ0n) is 18.0. The number of hydrogen-bond donors (Lipinski definition) is 1. The SMILES string of the molecule is Cc1ccc(S(=O)(=O)N2CCCC[C@@H]2C(=O)Nc2nc(-c3ccc4occc4c3)cs2)cc1. The number of aryl methyl sites for hydroxylation is 1. The van der Waals surface area contributed by atoms with Gasteiger partial charge >= 0.3 is 0 Å². The van der Waals surface area contributed by atoms with Crippen LogP contribution < -0.4 is 5.32 Å². The molecule has 2 aromatic heterocycles. The lowest BCUT2D eigenvalue weighted by Gasteiger charge is -2.33. The minimum absolute atomic E-state index is 0.207. The third-order valence-electron chi connectivity index (χ3n) is 5.87. The van der Waals surface area contributed by atoms with Gasteiger partial charge in [-0.2, -0.15) is 4.31 Å². The summed E-state index contributed by atoms with van der Waals surface area (Å²) in [5.41, 5.74) is 3.44. The molecule has 1 N–H and O–H groups in total. The Morgan fingerprint density at radius 3 is 2.79 bits per heavy atom. The van der Waals surface area contributed by atoms with Crippen molar-refractivity contribution >= 4 is 43.4 Å². The predicted octanol–water partition coefficient (Wildman–Crippen LogP) is 5.05. The number of rotatable bonds is 5. The monoisotopic (exact) mass is 481 g/mol. The van der Waals surface area contributed by atoms with Gasteiger partial charge < -0.3 is 9.73 Å². The number of amides is 1. The van der Waals surface area contributed by atoms with Crippen LogP contribution in [0.25, 0.3) is 22.2 Å². The quantitative estimate of drug-likeness (QED) is 0.431. The summed E-state index contributed by atoms with van der Waals surface area (Å²) in [5, 5.41) is 6.14. The number of hydrogen-bond acceptors (Lipinski definition) is 6. The molecule has 0 aliphatic carbocycles. The standard InChI is InChI=1S/C24H23N3O4S2/c1-16-5-8-19(9-6-16)33(29,30)27-12-3-2-4-21(27)23(28)26-24-25-20(15-32-24)17-7-10-22-18(14-17)11-13-31-22/h5-11,13-15,21H,2-4,12H2,1H3,(H,25,26,28)/t21-/m1/s1. The van der Waals surface area contributed by atoms with E-state index in [1.54, 1.807) is 30.5 Å². The van der Waals surface area contributed by atoms with Crippen LogP contribution in [-0.4, -0.2) is 36.2 Å². The Morgan fingerprint density at radius 1 is 1.15 bits per heavy atom. The van der Waals surface area contributed by atoms with Gasteiger partial charge in [0.05, 0.1) is 16.9 Å². The molecule has 33 heavy (non-hydrogen) atoms. The van der Waals surface area contributed by atoms with Crippen LogP contribution >= 0.6 is 11.3 Å². The van der Waals surface area contributed by atoms with Crippen LogP contribution in [-0.2, 0) is 14.8 Å². The number of thiazole rings is 1. The molecule has 170 valence electrons. The third kappa shape index (κ3) is 4.31. The van der Waals surface area contributed by atoms with Crippen LogP contribution in [0.1, 0.15) is 24.8 Å². The Bertz CT molecular complexity index is 1410. The summed E-state index contributed by atoms with van der Waals surface area (Å²) in [5.74, 6) is -0.350. The van der Waals surface area contributed by atoms with Gasteiger partial charge in [0.2, 0.25) is 15.9 Å². The highest BCUT2D eigenvalue weighted by molar-refractivity contribution is 7.89. The Hall–Kier alpha value is -3.01. The second-order valence-electron chi connectivity index (χ2n) is 8.14. The number of benzene rings is 2. The fraction of sp³-hybridized carbons (Fsp3) is 0.250. The molecule has 1 amide bonds. The van der Waals surface area contributed by atoms with E-state index >= 15 is 0 Å². The number of carbonyl (C=O) groups is 1. The zero-order chi connectivity index (χ0) is 23.0. The lowest BCUT2D eigenvalue weighted by atomic mass is 10.0. The Morgan fingerprint density at radius 2 is 1.97 bits per heavy atom. The van der Waals surface area contributed by atoms with Gasteiger partial charge in [-0.25, -0.2) is 13.4 Å². The highest BCUT2D eigenvalue weighted by Crippen LogP contribution is 2.30. The first kappa shape index (κ1) is 21.8. The second-order valence-corrected chi connectivity index (χ2v) is 10.9. The molecule has 5 rings (SSSR count). The number of sulfonamides is 1. The van der Waals surface area contributed by atoms with E-state index in [1.165, 1.54) is 15.6 Å². The number of piperidine rings is 1. The van der Waals surface area contributed by atoms with Gasteiger partial charge in [0.1, 0.15) is 11.6 Å². The summed E-state index contributed by atoms with van der Waals surface area (Å²) in [6.07, 6.45) is 3.65. The van der Waals surface area contributed by atoms with Crippen LogP contribution in [0.15, 0.2) is 69.5 Å². The number of fused-ring (bicyclic) bond motifs is 1. The molecule has 1 saturated heterocycles. The molecular formula is C24H23N3O4S2. The van der Waals surface area contributed by atoms with Crippen molar-refractivity contribution in [2.45, 2.75) is 37.1 Å². The van der Waals surface area contributed by atoms with Gasteiger partial charge in [-0.1, -0.05) is 24.1 Å². The van der Waals surface area contributed by atoms with E-state index in [9.17, 15) is 13.2 Å². The first-order valence-electron chi connectivity index (χ1n) is 10.7. The average molecular weight is 482 g/mol. The van der Waals surface area contributed by atoms with E-state index in [0.717, 1.165) is 40.6 Å². The van der Waals surface area contributed by atoms with Crippen LogP contribution in [0.4, 0.5) is 5.13 Å². The topological polar surface area (TPSA) is 92.5 Å². The van der Waals surface area contributed by atoms with Gasteiger partial charge in [-0.15, -0.1) is 11.3 Å². The first-order valence-corrected chi connectivity index (χ1v) is 13.1. The van der Waals surface area contributed by atoms with E-state index in [1.807, 2.05) is 36.6 Å². The van der Waals surface area contributed by atoms with Crippen molar-refractivity contribution in [1.82, 2.24) is 9.29 Å². The predicted molar refractivity (Wildman–Crippen MR) is 129 cm³/mol. The van der Waals surface area contributed by atoms with E-state index in [0.29, 0.717) is 18.1 Å². The molecule has 1 aliphatic rings. The highest BCUT2D eigenvalue weighted by Gasteiger charge is 2.37. The smallest absolute Gasteiger partial charge is 0.244 e. The van der Waals surface area contributed by atoms with Gasteiger partial charge in [0.15, 0.2) is 5.13 Å². The number of nitrogens with one attached hydrogen (secondary N) is 1. The van der Waals surface area contributed by atoms with Crippen molar-refractivity contribution in [3.63, 3.8) is 0 Å².